The minimum absolute atomic E-state index is 0.0106. The molecule has 3 rings (SSSR count). The summed E-state index contributed by atoms with van der Waals surface area (Å²) in [4.78, 5) is 28.1. The lowest BCUT2D eigenvalue weighted by atomic mass is 10.1. The molecule has 0 saturated carbocycles. The lowest BCUT2D eigenvalue weighted by molar-refractivity contribution is 0.0233. The van der Waals surface area contributed by atoms with Crippen molar-refractivity contribution in [2.45, 2.75) is 51.8 Å². The minimum Gasteiger partial charge on any atom is -0.444 e. The van der Waals surface area contributed by atoms with Crippen LogP contribution in [0.25, 0.3) is 10.9 Å². The van der Waals surface area contributed by atoms with Crippen LogP contribution in [0, 0.1) is 5.82 Å². The summed E-state index contributed by atoms with van der Waals surface area (Å²) < 4.78 is 19.9. The molecule has 0 bridgehead atoms. The molecule has 0 aromatic carbocycles. The summed E-state index contributed by atoms with van der Waals surface area (Å²) in [6.07, 6.45) is 1.76. The van der Waals surface area contributed by atoms with Crippen LogP contribution in [0.5, 0.6) is 0 Å². The second-order valence-electron chi connectivity index (χ2n) is 7.82. The van der Waals surface area contributed by atoms with Gasteiger partial charge in [-0.05, 0) is 45.7 Å². The lowest BCUT2D eigenvalue weighted by Crippen LogP contribution is -2.45. The van der Waals surface area contributed by atoms with E-state index in [1.54, 1.807) is 4.90 Å². The average Bonchev–Trinajstić information content (AvgIpc) is 2.97. The van der Waals surface area contributed by atoms with Crippen LogP contribution in [0.1, 0.15) is 34.1 Å². The van der Waals surface area contributed by atoms with Crippen LogP contribution in [-0.4, -0.2) is 57.2 Å². The molecule has 3 heterocycles. The summed E-state index contributed by atoms with van der Waals surface area (Å²) in [5.41, 5.74) is -0.559. The smallest absolute Gasteiger partial charge is 0.410 e. The van der Waals surface area contributed by atoms with Gasteiger partial charge in [0.1, 0.15) is 16.9 Å². The third-order valence-electron chi connectivity index (χ3n) is 4.77. The second kappa shape index (κ2) is 7.48. The normalized spacial score (nSPS) is 19.9. The number of carbonyl (C=O) groups is 1. The van der Waals surface area contributed by atoms with E-state index >= 15 is 0 Å². The number of rotatable bonds is 2. The number of carbonyl (C=O) groups excluding carboxylic acids is 1. The Balaban J connectivity index is 1.92. The van der Waals surface area contributed by atoms with E-state index in [0.29, 0.717) is 24.2 Å². The molecule has 0 spiro atoms. The van der Waals surface area contributed by atoms with Gasteiger partial charge in [0.25, 0.3) is 0 Å². The molecule has 7 nitrogen and oxygen atoms in total. The molecule has 1 fully saturated rings. The molecule has 1 saturated heterocycles. The molecule has 1 aliphatic rings. The maximum atomic E-state index is 14.4. The number of pyridine rings is 1. The number of amides is 1. The third kappa shape index (κ3) is 3.93. The van der Waals surface area contributed by atoms with Gasteiger partial charge in [-0.1, -0.05) is 11.6 Å². The highest BCUT2D eigenvalue weighted by Crippen LogP contribution is 2.33. The number of fused-ring (bicyclic) bond motifs is 1. The van der Waals surface area contributed by atoms with Gasteiger partial charge in [-0.15, -0.1) is 0 Å². The fourth-order valence-corrected chi connectivity index (χ4v) is 3.74. The first-order valence-electron chi connectivity index (χ1n) is 8.89. The number of ether oxygens (including phenoxy) is 1. The first-order valence-corrected chi connectivity index (χ1v) is 9.65. The molecule has 0 N–H and O–H groups in total. The molecule has 1 amide bonds. The van der Waals surface area contributed by atoms with Crippen molar-refractivity contribution in [3.05, 3.63) is 22.5 Å². The minimum atomic E-state index is -0.743. The number of likely N-dealkylation sites (N-methyl/N-ethyl adjacent to an activating group) is 1. The Hall–Kier alpha value is -1.93. The maximum Gasteiger partial charge on any atom is 0.410 e. The van der Waals surface area contributed by atoms with Crippen LogP contribution < -0.4 is 4.90 Å². The van der Waals surface area contributed by atoms with E-state index in [9.17, 15) is 9.18 Å². The number of likely N-dealkylation sites (tertiary alicyclic amines) is 1. The molecule has 1 aliphatic heterocycles. The molecule has 10 heteroatoms. The summed E-state index contributed by atoms with van der Waals surface area (Å²) in [7, 11) is 1.82. The van der Waals surface area contributed by atoms with Gasteiger partial charge in [0.15, 0.2) is 11.0 Å². The van der Waals surface area contributed by atoms with Crippen molar-refractivity contribution in [2.24, 2.45) is 0 Å². The summed E-state index contributed by atoms with van der Waals surface area (Å²) in [5.74, 6) is -0.311. The Kier molecular flexibility index (Phi) is 5.55. The SMILES string of the molecule is C[C@H]1[C@H](N(C)c2nc(Cl)nc3c(F)c(Cl)ncc23)CCN1C(=O)OC(C)(C)C. The van der Waals surface area contributed by atoms with E-state index in [2.05, 4.69) is 15.0 Å². The summed E-state index contributed by atoms with van der Waals surface area (Å²) >= 11 is 11.8. The molecule has 0 radical (unpaired) electrons. The Labute approximate surface area is 172 Å². The largest absolute Gasteiger partial charge is 0.444 e. The van der Waals surface area contributed by atoms with Gasteiger partial charge in [0, 0.05) is 19.8 Å². The lowest BCUT2D eigenvalue weighted by Gasteiger charge is -2.33. The maximum absolute atomic E-state index is 14.4. The van der Waals surface area contributed by atoms with Crippen molar-refractivity contribution in [3.63, 3.8) is 0 Å². The van der Waals surface area contributed by atoms with Gasteiger partial charge in [-0.2, -0.15) is 4.98 Å². The van der Waals surface area contributed by atoms with Gasteiger partial charge in [0.2, 0.25) is 5.28 Å². The first kappa shape index (κ1) is 20.8. The second-order valence-corrected chi connectivity index (χ2v) is 8.52. The number of aromatic nitrogens is 3. The van der Waals surface area contributed by atoms with E-state index in [0.717, 1.165) is 0 Å². The Morgan fingerprint density at radius 1 is 1.36 bits per heavy atom. The molecular formula is C18H22Cl2FN5O2. The Bertz CT molecular complexity index is 921. The van der Waals surface area contributed by atoms with Gasteiger partial charge in [0.05, 0.1) is 17.5 Å². The number of anilines is 1. The van der Waals surface area contributed by atoms with Crippen LogP contribution in [0.4, 0.5) is 15.0 Å². The van der Waals surface area contributed by atoms with Gasteiger partial charge >= 0.3 is 6.09 Å². The van der Waals surface area contributed by atoms with Gasteiger partial charge in [-0.25, -0.2) is 19.2 Å². The van der Waals surface area contributed by atoms with Crippen molar-refractivity contribution in [1.29, 1.82) is 0 Å². The predicted octanol–water partition coefficient (Wildman–Crippen LogP) is 4.30. The van der Waals surface area contributed by atoms with Crippen LogP contribution >= 0.6 is 23.2 Å². The van der Waals surface area contributed by atoms with Crippen LogP contribution in [-0.2, 0) is 4.74 Å². The van der Waals surface area contributed by atoms with Crippen LogP contribution in [0.2, 0.25) is 10.4 Å². The molecular weight excluding hydrogens is 408 g/mol. The highest BCUT2D eigenvalue weighted by molar-refractivity contribution is 6.30. The molecule has 0 unspecified atom stereocenters. The highest BCUT2D eigenvalue weighted by atomic mass is 35.5. The molecule has 28 heavy (non-hydrogen) atoms. The topological polar surface area (TPSA) is 71.5 Å². The zero-order valence-electron chi connectivity index (χ0n) is 16.3. The summed E-state index contributed by atoms with van der Waals surface area (Å²) in [6.45, 7) is 7.98. The predicted molar refractivity (Wildman–Crippen MR) is 107 cm³/mol. The van der Waals surface area contributed by atoms with E-state index in [1.807, 2.05) is 39.6 Å². The Morgan fingerprint density at radius 2 is 2.04 bits per heavy atom. The first-order chi connectivity index (χ1) is 13.0. The Morgan fingerprint density at radius 3 is 2.68 bits per heavy atom. The van der Waals surface area contributed by atoms with Gasteiger partial charge < -0.3 is 14.5 Å². The monoisotopic (exact) mass is 429 g/mol. The number of hydrogen-bond acceptors (Lipinski definition) is 6. The zero-order chi connectivity index (χ0) is 20.8. The quantitative estimate of drug-likeness (QED) is 0.523. The van der Waals surface area contributed by atoms with E-state index < -0.39 is 11.4 Å². The fraction of sp³-hybridized carbons (Fsp3) is 0.556. The molecule has 152 valence electrons. The molecule has 0 aliphatic carbocycles. The van der Waals surface area contributed by atoms with Crippen molar-refractivity contribution in [2.75, 3.05) is 18.5 Å². The summed E-state index contributed by atoms with van der Waals surface area (Å²) in [5, 5.41) is 0.0306. The van der Waals surface area contributed by atoms with Crippen LogP contribution in [0.3, 0.4) is 0 Å². The van der Waals surface area contributed by atoms with Crippen molar-refractivity contribution >= 4 is 46.0 Å². The third-order valence-corrected chi connectivity index (χ3v) is 5.20. The summed E-state index contributed by atoms with van der Waals surface area (Å²) in [6, 6.07) is -0.214. The molecule has 2 atom stereocenters. The molecule has 2 aromatic rings. The fourth-order valence-electron chi connectivity index (χ4n) is 3.44. The average molecular weight is 430 g/mol. The number of nitrogens with zero attached hydrogens (tertiary/aromatic N) is 5. The standard InChI is InChI=1S/C18H22Cl2FN5O2/c1-9-11(6-7-26(9)17(27)28-18(2,3)4)25(5)15-10-8-22-14(19)12(21)13(10)23-16(20)24-15/h8-9,11H,6-7H2,1-5H3/t9-,11+/m0/s1. The van der Waals surface area contributed by atoms with Gasteiger partial charge in [-0.3, -0.25) is 0 Å². The highest BCUT2D eigenvalue weighted by Gasteiger charge is 2.39. The zero-order valence-corrected chi connectivity index (χ0v) is 17.8. The van der Waals surface area contributed by atoms with Crippen LogP contribution in [0.15, 0.2) is 6.20 Å². The van der Waals surface area contributed by atoms with E-state index in [4.69, 9.17) is 27.9 Å². The molecule has 2 aromatic heterocycles. The number of hydrogen-bond donors (Lipinski definition) is 0. The van der Waals surface area contributed by atoms with Crippen molar-refractivity contribution in [3.8, 4) is 0 Å². The van der Waals surface area contributed by atoms with Crippen molar-refractivity contribution < 1.29 is 13.9 Å². The number of halogens is 3. The van der Waals surface area contributed by atoms with E-state index in [-0.39, 0.29) is 34.1 Å². The van der Waals surface area contributed by atoms with Crippen molar-refractivity contribution in [1.82, 2.24) is 19.9 Å². The van der Waals surface area contributed by atoms with E-state index in [1.165, 1.54) is 6.20 Å².